The fourth-order valence-corrected chi connectivity index (χ4v) is 4.00. The molecule has 5 rings (SSSR count). The van der Waals surface area contributed by atoms with Crippen molar-refractivity contribution in [3.8, 4) is 16.9 Å². The number of nitrogens with one attached hydrogen (secondary N) is 1. The van der Waals surface area contributed by atoms with Crippen molar-refractivity contribution in [3.63, 3.8) is 0 Å². The molecule has 1 atom stereocenters. The summed E-state index contributed by atoms with van der Waals surface area (Å²) in [4.78, 5) is 17.1. The normalized spacial score (nSPS) is 15.9. The molecule has 3 heterocycles. The molecule has 3 N–H and O–H groups in total. The Bertz CT molecular complexity index is 1330. The molecule has 0 saturated carbocycles. The molecule has 0 radical (unpaired) electrons. The first kappa shape index (κ1) is 21.8. The van der Waals surface area contributed by atoms with Crippen molar-refractivity contribution in [2.24, 2.45) is 0 Å². The maximum atomic E-state index is 13.8. The van der Waals surface area contributed by atoms with Gasteiger partial charge in [0.25, 0.3) is 5.91 Å². The standard InChI is InChI=1S/C24H20F3N5O2/c25-16-8-17(26)10-18(9-16)32-12-19(23(30-32)15-3-5-29-11-15)24-31(22(33)13-34-24)6-4-14-1-2-21(28)20(27)7-14/h1-3,5,7-12,24,29H,4,6,13,28H2. The number of hydrogen-bond donors (Lipinski definition) is 2. The molecule has 2 aromatic carbocycles. The average molecular weight is 467 g/mol. The summed E-state index contributed by atoms with van der Waals surface area (Å²) in [6.07, 6.45) is 4.64. The van der Waals surface area contributed by atoms with Gasteiger partial charge in [0.05, 0.1) is 11.4 Å². The van der Waals surface area contributed by atoms with Gasteiger partial charge in [0.2, 0.25) is 0 Å². The first-order chi connectivity index (χ1) is 16.4. The molecule has 0 bridgehead atoms. The van der Waals surface area contributed by atoms with Crippen molar-refractivity contribution in [2.45, 2.75) is 12.6 Å². The first-order valence-corrected chi connectivity index (χ1v) is 10.5. The lowest BCUT2D eigenvalue weighted by molar-refractivity contribution is -0.128. The Labute approximate surface area is 192 Å². The molecule has 34 heavy (non-hydrogen) atoms. The monoisotopic (exact) mass is 467 g/mol. The van der Waals surface area contributed by atoms with Gasteiger partial charge in [-0.1, -0.05) is 6.07 Å². The third-order valence-electron chi connectivity index (χ3n) is 5.67. The molecule has 1 aliphatic heterocycles. The van der Waals surface area contributed by atoms with Crippen LogP contribution in [0.2, 0.25) is 0 Å². The fourth-order valence-electron chi connectivity index (χ4n) is 4.00. The van der Waals surface area contributed by atoms with Crippen LogP contribution >= 0.6 is 0 Å². The van der Waals surface area contributed by atoms with Gasteiger partial charge in [-0.3, -0.25) is 4.79 Å². The third-order valence-corrected chi connectivity index (χ3v) is 5.67. The molecule has 174 valence electrons. The molecule has 0 aliphatic carbocycles. The van der Waals surface area contributed by atoms with Crippen LogP contribution in [-0.4, -0.2) is 38.7 Å². The Morgan fingerprint density at radius 2 is 1.91 bits per heavy atom. The summed E-state index contributed by atoms with van der Waals surface area (Å²) in [5, 5.41) is 4.53. The van der Waals surface area contributed by atoms with E-state index in [-0.39, 0.29) is 30.4 Å². The Kier molecular flexibility index (Phi) is 5.58. The SMILES string of the molecule is Nc1ccc(CCN2C(=O)COC2c2cn(-c3cc(F)cc(F)c3)nc2-c2cc[nH]c2)cc1F. The molecule has 2 aromatic heterocycles. The minimum Gasteiger partial charge on any atom is -0.396 e. The molecule has 7 nitrogen and oxygen atoms in total. The van der Waals surface area contributed by atoms with E-state index in [1.165, 1.54) is 21.7 Å². The van der Waals surface area contributed by atoms with Crippen LogP contribution in [0.25, 0.3) is 16.9 Å². The maximum absolute atomic E-state index is 13.8. The highest BCUT2D eigenvalue weighted by molar-refractivity contribution is 5.80. The zero-order chi connectivity index (χ0) is 23.8. The van der Waals surface area contributed by atoms with Crippen molar-refractivity contribution in [2.75, 3.05) is 18.9 Å². The van der Waals surface area contributed by atoms with Crippen molar-refractivity contribution in [1.82, 2.24) is 19.7 Å². The minimum atomic E-state index is -0.775. The first-order valence-electron chi connectivity index (χ1n) is 10.5. The highest BCUT2D eigenvalue weighted by Crippen LogP contribution is 2.35. The predicted octanol–water partition coefficient (Wildman–Crippen LogP) is 3.97. The third kappa shape index (κ3) is 4.15. The number of anilines is 1. The predicted molar refractivity (Wildman–Crippen MR) is 118 cm³/mol. The van der Waals surface area contributed by atoms with Gasteiger partial charge in [-0.05, 0) is 42.3 Å². The largest absolute Gasteiger partial charge is 0.396 e. The fraction of sp³-hybridized carbons (Fsp3) is 0.167. The van der Waals surface area contributed by atoms with E-state index in [4.69, 9.17) is 10.5 Å². The van der Waals surface area contributed by atoms with Crippen LogP contribution in [0.1, 0.15) is 17.4 Å². The van der Waals surface area contributed by atoms with Crippen molar-refractivity contribution in [1.29, 1.82) is 0 Å². The van der Waals surface area contributed by atoms with Crippen LogP contribution < -0.4 is 5.73 Å². The number of carbonyl (C=O) groups is 1. The van der Waals surface area contributed by atoms with E-state index in [0.29, 0.717) is 28.8 Å². The molecule has 10 heteroatoms. The Morgan fingerprint density at radius 1 is 1.12 bits per heavy atom. The lowest BCUT2D eigenvalue weighted by atomic mass is 10.1. The summed E-state index contributed by atoms with van der Waals surface area (Å²) in [6, 6.07) is 9.42. The second-order valence-corrected chi connectivity index (χ2v) is 7.96. The number of carbonyl (C=O) groups excluding carboxylic acids is 1. The summed E-state index contributed by atoms with van der Waals surface area (Å²) in [6.45, 7) is 0.131. The van der Waals surface area contributed by atoms with Gasteiger partial charge in [0, 0.05) is 42.3 Å². The summed E-state index contributed by atoms with van der Waals surface area (Å²) in [7, 11) is 0. The number of H-pyrrole nitrogens is 1. The molecule has 1 unspecified atom stereocenters. The summed E-state index contributed by atoms with van der Waals surface area (Å²) < 4.78 is 48.6. The quantitative estimate of drug-likeness (QED) is 0.420. The van der Waals surface area contributed by atoms with E-state index in [9.17, 15) is 18.0 Å². The highest BCUT2D eigenvalue weighted by atomic mass is 19.1. The van der Waals surface area contributed by atoms with Gasteiger partial charge in [-0.25, -0.2) is 17.9 Å². The van der Waals surface area contributed by atoms with Crippen LogP contribution in [0, 0.1) is 17.5 Å². The average Bonchev–Trinajstić information content (AvgIpc) is 3.53. The number of nitrogens with zero attached hydrogens (tertiary/aromatic N) is 3. The molecular formula is C24H20F3N5O2. The molecule has 0 spiro atoms. The van der Waals surface area contributed by atoms with Crippen LogP contribution in [0.3, 0.4) is 0 Å². The minimum absolute atomic E-state index is 0.0551. The smallest absolute Gasteiger partial charge is 0.250 e. The molecular weight excluding hydrogens is 447 g/mol. The Hall–Kier alpha value is -4.05. The van der Waals surface area contributed by atoms with E-state index >= 15 is 0 Å². The van der Waals surface area contributed by atoms with Crippen molar-refractivity contribution in [3.05, 3.63) is 89.6 Å². The van der Waals surface area contributed by atoms with E-state index < -0.39 is 23.7 Å². The zero-order valence-electron chi connectivity index (χ0n) is 17.8. The molecule has 1 fully saturated rings. The van der Waals surface area contributed by atoms with Gasteiger partial charge in [0.15, 0.2) is 6.23 Å². The second-order valence-electron chi connectivity index (χ2n) is 7.96. The molecule has 1 saturated heterocycles. The van der Waals surface area contributed by atoms with Crippen molar-refractivity contribution < 1.29 is 22.7 Å². The Morgan fingerprint density at radius 3 is 2.62 bits per heavy atom. The Balaban J connectivity index is 1.49. The number of benzene rings is 2. The summed E-state index contributed by atoms with van der Waals surface area (Å²) in [5.41, 5.74) is 8.23. The van der Waals surface area contributed by atoms with E-state index in [1.807, 2.05) is 0 Å². The summed E-state index contributed by atoms with van der Waals surface area (Å²) in [5.74, 6) is -2.22. The summed E-state index contributed by atoms with van der Waals surface area (Å²) >= 11 is 0. The molecule has 1 aliphatic rings. The number of halogens is 3. The van der Waals surface area contributed by atoms with E-state index in [0.717, 1.165) is 18.2 Å². The number of hydrogen-bond acceptors (Lipinski definition) is 4. The zero-order valence-corrected chi connectivity index (χ0v) is 17.8. The van der Waals surface area contributed by atoms with Crippen LogP contribution in [0.15, 0.2) is 61.1 Å². The van der Waals surface area contributed by atoms with Gasteiger partial charge in [0.1, 0.15) is 29.8 Å². The molecule has 4 aromatic rings. The number of ether oxygens (including phenoxy) is 1. The lowest BCUT2D eigenvalue weighted by Gasteiger charge is -2.23. The van der Waals surface area contributed by atoms with Gasteiger partial charge in [-0.2, -0.15) is 5.10 Å². The number of nitrogen functional groups attached to an aromatic ring is 1. The van der Waals surface area contributed by atoms with E-state index in [1.54, 1.807) is 30.7 Å². The number of amides is 1. The maximum Gasteiger partial charge on any atom is 0.250 e. The van der Waals surface area contributed by atoms with Crippen molar-refractivity contribution >= 4 is 11.6 Å². The number of aromatic amines is 1. The van der Waals surface area contributed by atoms with Gasteiger partial charge < -0.3 is 20.4 Å². The topological polar surface area (TPSA) is 89.2 Å². The highest BCUT2D eigenvalue weighted by Gasteiger charge is 2.36. The molecule has 1 amide bonds. The van der Waals surface area contributed by atoms with Gasteiger partial charge >= 0.3 is 0 Å². The number of aromatic nitrogens is 3. The van der Waals surface area contributed by atoms with Gasteiger partial charge in [-0.15, -0.1) is 0 Å². The van der Waals surface area contributed by atoms with E-state index in [2.05, 4.69) is 10.1 Å². The van der Waals surface area contributed by atoms with Crippen LogP contribution in [0.5, 0.6) is 0 Å². The number of nitrogens with two attached hydrogens (primary N) is 1. The lowest BCUT2D eigenvalue weighted by Crippen LogP contribution is -2.30. The second kappa shape index (κ2) is 8.71. The number of rotatable bonds is 6. The van der Waals surface area contributed by atoms with Crippen LogP contribution in [-0.2, 0) is 16.0 Å². The van der Waals surface area contributed by atoms with Crippen LogP contribution in [0.4, 0.5) is 18.9 Å².